The van der Waals surface area contributed by atoms with E-state index >= 15 is 0 Å². The Morgan fingerprint density at radius 2 is 0.923 bits per heavy atom. The van der Waals surface area contributed by atoms with Gasteiger partial charge in [0.25, 0.3) is 0 Å². The fraction of sp³-hybridized carbons (Fsp3) is 0. The highest BCUT2D eigenvalue weighted by Gasteiger charge is 2.15. The minimum Gasteiger partial charge on any atom is -0.504 e. The Morgan fingerprint density at radius 1 is 0.615 bits per heavy atom. The molecular formula is C18H14O8. The van der Waals surface area contributed by atoms with Gasteiger partial charge in [-0.1, -0.05) is 0 Å². The van der Waals surface area contributed by atoms with E-state index < -0.39 is 34.9 Å². The van der Waals surface area contributed by atoms with Crippen molar-refractivity contribution in [2.75, 3.05) is 0 Å². The van der Waals surface area contributed by atoms with Crippen LogP contribution in [0.1, 0.15) is 11.1 Å². The molecule has 0 unspecified atom stereocenters. The standard InChI is InChI=1S/C18H14O8/c19-13-5-9(1-3-17(23)24)11(7-15(13)21)12-8-16(22)14(20)6-10(12)2-4-18(25)26/h1-8,19-22H,(H,23,24)(H,25,26)/b3-1+,4-2+. The molecular weight excluding hydrogens is 344 g/mol. The minimum atomic E-state index is -1.25. The van der Waals surface area contributed by atoms with Crippen molar-refractivity contribution < 1.29 is 40.2 Å². The highest BCUT2D eigenvalue weighted by Crippen LogP contribution is 2.40. The molecule has 0 fully saturated rings. The molecule has 0 atom stereocenters. The summed E-state index contributed by atoms with van der Waals surface area (Å²) in [6.07, 6.45) is 3.93. The van der Waals surface area contributed by atoms with Gasteiger partial charge < -0.3 is 30.6 Å². The summed E-state index contributed by atoms with van der Waals surface area (Å²) in [6.45, 7) is 0. The number of aromatic hydroxyl groups is 4. The molecule has 6 N–H and O–H groups in total. The number of phenols is 4. The molecule has 2 aromatic carbocycles. The molecule has 0 bridgehead atoms. The summed E-state index contributed by atoms with van der Waals surface area (Å²) in [5.74, 6) is -4.50. The Morgan fingerprint density at radius 3 is 1.23 bits per heavy atom. The SMILES string of the molecule is O=C(O)/C=C/c1cc(O)c(O)cc1-c1cc(O)c(O)cc1/C=C/C(=O)O. The van der Waals surface area contributed by atoms with Crippen molar-refractivity contribution in [1.82, 2.24) is 0 Å². The highest BCUT2D eigenvalue weighted by atomic mass is 16.4. The Balaban J connectivity index is 2.77. The lowest BCUT2D eigenvalue weighted by molar-refractivity contribution is -0.132. The Labute approximate surface area is 146 Å². The lowest BCUT2D eigenvalue weighted by Gasteiger charge is -2.13. The summed E-state index contributed by atoms with van der Waals surface area (Å²) in [6, 6.07) is 4.47. The van der Waals surface area contributed by atoms with Crippen molar-refractivity contribution in [3.63, 3.8) is 0 Å². The predicted octanol–water partition coefficient (Wildman–Crippen LogP) is 2.37. The van der Waals surface area contributed by atoms with Crippen molar-refractivity contribution >= 4 is 24.1 Å². The average molecular weight is 358 g/mol. The third-order valence-electron chi connectivity index (χ3n) is 3.39. The normalized spacial score (nSPS) is 11.2. The van der Waals surface area contributed by atoms with E-state index in [1.54, 1.807) is 0 Å². The first-order valence-corrected chi connectivity index (χ1v) is 7.13. The molecule has 2 aromatic rings. The van der Waals surface area contributed by atoms with Crippen LogP contribution < -0.4 is 0 Å². The van der Waals surface area contributed by atoms with Gasteiger partial charge >= 0.3 is 11.9 Å². The van der Waals surface area contributed by atoms with E-state index in [0.717, 1.165) is 48.6 Å². The fourth-order valence-electron chi connectivity index (χ4n) is 2.25. The van der Waals surface area contributed by atoms with Crippen molar-refractivity contribution in [1.29, 1.82) is 0 Å². The lowest BCUT2D eigenvalue weighted by Crippen LogP contribution is -1.92. The summed E-state index contributed by atoms with van der Waals surface area (Å²) in [7, 11) is 0. The van der Waals surface area contributed by atoms with Crippen LogP contribution in [0.25, 0.3) is 23.3 Å². The molecule has 8 nitrogen and oxygen atoms in total. The number of phenolic OH excluding ortho intramolecular Hbond substituents is 4. The van der Waals surface area contributed by atoms with E-state index in [1.165, 1.54) is 0 Å². The smallest absolute Gasteiger partial charge is 0.328 e. The van der Waals surface area contributed by atoms with Crippen LogP contribution in [0.15, 0.2) is 36.4 Å². The first kappa shape index (κ1) is 18.4. The minimum absolute atomic E-state index is 0.178. The summed E-state index contributed by atoms with van der Waals surface area (Å²) in [5.41, 5.74) is 0.742. The van der Waals surface area contributed by atoms with Crippen LogP contribution in [0, 0.1) is 0 Å². The summed E-state index contributed by atoms with van der Waals surface area (Å²) in [4.78, 5) is 21.5. The number of aliphatic carboxylic acids is 2. The number of hydrogen-bond acceptors (Lipinski definition) is 6. The molecule has 0 aliphatic heterocycles. The quantitative estimate of drug-likeness (QED) is 0.351. The van der Waals surface area contributed by atoms with Gasteiger partial charge in [-0.2, -0.15) is 0 Å². The molecule has 0 amide bonds. The van der Waals surface area contributed by atoms with Gasteiger partial charge in [0.05, 0.1) is 0 Å². The second-order valence-corrected chi connectivity index (χ2v) is 5.20. The van der Waals surface area contributed by atoms with Crippen molar-refractivity contribution in [2.24, 2.45) is 0 Å². The van der Waals surface area contributed by atoms with Gasteiger partial charge in [0.1, 0.15) is 0 Å². The molecule has 26 heavy (non-hydrogen) atoms. The number of carbonyl (C=O) groups is 2. The topological polar surface area (TPSA) is 156 Å². The number of carboxylic acids is 2. The molecule has 0 saturated heterocycles. The van der Waals surface area contributed by atoms with Crippen LogP contribution >= 0.6 is 0 Å². The van der Waals surface area contributed by atoms with Crippen LogP contribution in [-0.4, -0.2) is 42.6 Å². The van der Waals surface area contributed by atoms with E-state index in [-0.39, 0.29) is 22.3 Å². The van der Waals surface area contributed by atoms with Gasteiger partial charge in [-0.05, 0) is 58.7 Å². The van der Waals surface area contributed by atoms with Crippen LogP contribution in [0.3, 0.4) is 0 Å². The summed E-state index contributed by atoms with van der Waals surface area (Å²) >= 11 is 0. The maximum Gasteiger partial charge on any atom is 0.328 e. The molecule has 0 heterocycles. The molecule has 0 aromatic heterocycles. The van der Waals surface area contributed by atoms with E-state index in [0.29, 0.717) is 0 Å². The van der Waals surface area contributed by atoms with Gasteiger partial charge in [-0.3, -0.25) is 0 Å². The molecule has 2 rings (SSSR count). The Bertz CT molecular complexity index is 863. The van der Waals surface area contributed by atoms with Crippen LogP contribution in [0.5, 0.6) is 23.0 Å². The second-order valence-electron chi connectivity index (χ2n) is 5.20. The molecule has 8 heteroatoms. The van der Waals surface area contributed by atoms with Crippen LogP contribution in [0.2, 0.25) is 0 Å². The maximum absolute atomic E-state index is 10.8. The molecule has 134 valence electrons. The zero-order valence-corrected chi connectivity index (χ0v) is 13.1. The van der Waals surface area contributed by atoms with E-state index in [4.69, 9.17) is 10.2 Å². The number of benzene rings is 2. The number of carboxylic acid groups (broad SMARTS) is 2. The molecule has 0 aliphatic rings. The van der Waals surface area contributed by atoms with Crippen molar-refractivity contribution in [3.8, 4) is 34.1 Å². The van der Waals surface area contributed by atoms with Crippen LogP contribution in [-0.2, 0) is 9.59 Å². The molecule has 0 aliphatic carbocycles. The highest BCUT2D eigenvalue weighted by molar-refractivity contribution is 5.92. The third kappa shape index (κ3) is 4.12. The second kappa shape index (κ2) is 7.31. The largest absolute Gasteiger partial charge is 0.504 e. The van der Waals surface area contributed by atoms with Gasteiger partial charge in [-0.25, -0.2) is 9.59 Å². The van der Waals surface area contributed by atoms with Gasteiger partial charge in [-0.15, -0.1) is 0 Å². The van der Waals surface area contributed by atoms with Crippen molar-refractivity contribution in [3.05, 3.63) is 47.5 Å². The van der Waals surface area contributed by atoms with Gasteiger partial charge in [0.15, 0.2) is 23.0 Å². The fourth-order valence-corrected chi connectivity index (χ4v) is 2.25. The number of hydrogen-bond donors (Lipinski definition) is 6. The molecule has 0 saturated carbocycles. The van der Waals surface area contributed by atoms with E-state index in [9.17, 15) is 30.0 Å². The zero-order chi connectivity index (χ0) is 19.4. The van der Waals surface area contributed by atoms with E-state index in [1.807, 2.05) is 0 Å². The zero-order valence-electron chi connectivity index (χ0n) is 13.1. The lowest BCUT2D eigenvalue weighted by atomic mass is 9.93. The Hall–Kier alpha value is -3.94. The maximum atomic E-state index is 10.8. The first-order valence-electron chi connectivity index (χ1n) is 7.13. The Kier molecular flexibility index (Phi) is 5.17. The number of rotatable bonds is 5. The summed E-state index contributed by atoms with van der Waals surface area (Å²) in [5, 5.41) is 56.5. The van der Waals surface area contributed by atoms with Gasteiger partial charge in [0.2, 0.25) is 0 Å². The van der Waals surface area contributed by atoms with Gasteiger partial charge in [0, 0.05) is 12.2 Å². The molecule has 0 radical (unpaired) electrons. The third-order valence-corrected chi connectivity index (χ3v) is 3.39. The first-order chi connectivity index (χ1) is 12.2. The summed E-state index contributed by atoms with van der Waals surface area (Å²) < 4.78 is 0. The molecule has 0 spiro atoms. The van der Waals surface area contributed by atoms with E-state index in [2.05, 4.69) is 0 Å². The average Bonchev–Trinajstić information content (AvgIpc) is 2.56. The predicted molar refractivity (Wildman–Crippen MR) is 91.9 cm³/mol. The monoisotopic (exact) mass is 358 g/mol. The van der Waals surface area contributed by atoms with Crippen LogP contribution in [0.4, 0.5) is 0 Å². The van der Waals surface area contributed by atoms with Crippen molar-refractivity contribution in [2.45, 2.75) is 0 Å².